The van der Waals surface area contributed by atoms with E-state index in [1.165, 1.54) is 0 Å². The first kappa shape index (κ1) is 20.6. The monoisotopic (exact) mass is 397 g/mol. The Morgan fingerprint density at radius 1 is 1.28 bits per heavy atom. The van der Waals surface area contributed by atoms with Crippen molar-refractivity contribution < 1.29 is 18.8 Å². The molecule has 1 aliphatic heterocycles. The smallest absolute Gasteiger partial charge is 0.227 e. The van der Waals surface area contributed by atoms with E-state index in [0.717, 1.165) is 12.0 Å². The molecule has 3 amide bonds. The lowest BCUT2D eigenvalue weighted by Crippen LogP contribution is -2.32. The van der Waals surface area contributed by atoms with Crippen LogP contribution in [0.3, 0.4) is 0 Å². The normalized spacial score (nSPS) is 17.2. The Kier molecular flexibility index (Phi) is 6.69. The van der Waals surface area contributed by atoms with Gasteiger partial charge in [0.25, 0.3) is 0 Å². The molecule has 2 N–H and O–H groups in total. The minimum absolute atomic E-state index is 0.0187. The number of rotatable bonds is 8. The molecule has 7 heteroatoms. The first-order valence-electron chi connectivity index (χ1n) is 9.94. The highest BCUT2D eigenvalue weighted by Gasteiger charge is 2.34. The van der Waals surface area contributed by atoms with Gasteiger partial charge in [-0.3, -0.25) is 14.4 Å². The standard InChI is InChI=1S/C22H27N3O4/c1-3-15(2)21(27)24-18-7-4-6-16(10-18)12-23-22(28)17-11-20(26)25(13-17)14-19-8-5-9-29-19/h4-10,15,17H,3,11-14H2,1-2H3,(H,23,28)(H,24,27). The average molecular weight is 397 g/mol. The summed E-state index contributed by atoms with van der Waals surface area (Å²) in [6.07, 6.45) is 2.55. The van der Waals surface area contributed by atoms with E-state index in [-0.39, 0.29) is 36.0 Å². The Morgan fingerprint density at radius 2 is 2.10 bits per heavy atom. The SMILES string of the molecule is CCC(C)C(=O)Nc1cccc(CNC(=O)C2CC(=O)N(Cc3ccco3)C2)c1. The van der Waals surface area contributed by atoms with Crippen molar-refractivity contribution in [3.8, 4) is 0 Å². The summed E-state index contributed by atoms with van der Waals surface area (Å²) in [6.45, 7) is 4.97. The number of benzene rings is 1. The number of furan rings is 1. The zero-order valence-corrected chi connectivity index (χ0v) is 16.8. The van der Waals surface area contributed by atoms with Crippen LogP contribution in [0.25, 0.3) is 0 Å². The molecule has 1 aliphatic rings. The van der Waals surface area contributed by atoms with Crippen LogP contribution in [0.1, 0.15) is 38.0 Å². The molecule has 2 atom stereocenters. The Bertz CT molecular complexity index is 863. The Morgan fingerprint density at radius 3 is 2.83 bits per heavy atom. The molecule has 3 rings (SSSR count). The lowest BCUT2D eigenvalue weighted by molar-refractivity contribution is -0.129. The van der Waals surface area contributed by atoms with Crippen LogP contribution in [0.2, 0.25) is 0 Å². The summed E-state index contributed by atoms with van der Waals surface area (Å²) in [5.74, 6) is 0.0734. The fourth-order valence-corrected chi connectivity index (χ4v) is 3.23. The predicted octanol–water partition coefficient (Wildman–Crippen LogP) is 2.93. The van der Waals surface area contributed by atoms with E-state index < -0.39 is 0 Å². The highest BCUT2D eigenvalue weighted by molar-refractivity contribution is 5.92. The third-order valence-corrected chi connectivity index (χ3v) is 5.23. The minimum Gasteiger partial charge on any atom is -0.467 e. The van der Waals surface area contributed by atoms with E-state index in [1.54, 1.807) is 17.2 Å². The molecule has 0 saturated carbocycles. The summed E-state index contributed by atoms with van der Waals surface area (Å²) in [5.41, 5.74) is 1.60. The van der Waals surface area contributed by atoms with Gasteiger partial charge >= 0.3 is 0 Å². The maximum Gasteiger partial charge on any atom is 0.227 e. The van der Waals surface area contributed by atoms with Gasteiger partial charge in [0.05, 0.1) is 18.7 Å². The highest BCUT2D eigenvalue weighted by atomic mass is 16.3. The van der Waals surface area contributed by atoms with Crippen LogP contribution >= 0.6 is 0 Å². The lowest BCUT2D eigenvalue weighted by atomic mass is 10.1. The molecule has 2 unspecified atom stereocenters. The second-order valence-corrected chi connectivity index (χ2v) is 7.47. The van der Waals surface area contributed by atoms with Crippen molar-refractivity contribution in [3.05, 3.63) is 54.0 Å². The first-order chi connectivity index (χ1) is 14.0. The van der Waals surface area contributed by atoms with E-state index >= 15 is 0 Å². The fourth-order valence-electron chi connectivity index (χ4n) is 3.23. The molecule has 1 aromatic carbocycles. The van der Waals surface area contributed by atoms with E-state index in [0.29, 0.717) is 31.1 Å². The summed E-state index contributed by atoms with van der Waals surface area (Å²) in [5, 5.41) is 5.80. The molecule has 0 radical (unpaired) electrons. The van der Waals surface area contributed by atoms with Gasteiger partial charge in [-0.05, 0) is 36.2 Å². The van der Waals surface area contributed by atoms with Gasteiger partial charge in [0, 0.05) is 31.1 Å². The summed E-state index contributed by atoms with van der Waals surface area (Å²) >= 11 is 0. The second kappa shape index (κ2) is 9.41. The third-order valence-electron chi connectivity index (χ3n) is 5.23. The zero-order chi connectivity index (χ0) is 20.8. The minimum atomic E-state index is -0.370. The van der Waals surface area contributed by atoms with Crippen molar-refractivity contribution in [2.45, 2.75) is 39.8 Å². The van der Waals surface area contributed by atoms with E-state index in [1.807, 2.05) is 44.2 Å². The van der Waals surface area contributed by atoms with Crippen LogP contribution in [0, 0.1) is 11.8 Å². The van der Waals surface area contributed by atoms with Crippen LogP contribution < -0.4 is 10.6 Å². The quantitative estimate of drug-likeness (QED) is 0.716. The summed E-state index contributed by atoms with van der Waals surface area (Å²) in [4.78, 5) is 38.4. The van der Waals surface area contributed by atoms with Crippen molar-refractivity contribution in [3.63, 3.8) is 0 Å². The number of amides is 3. The van der Waals surface area contributed by atoms with Crippen LogP contribution in [-0.4, -0.2) is 29.2 Å². The first-order valence-corrected chi connectivity index (χ1v) is 9.94. The van der Waals surface area contributed by atoms with Crippen molar-refractivity contribution >= 4 is 23.4 Å². The molecule has 1 fully saturated rings. The molecule has 154 valence electrons. The van der Waals surface area contributed by atoms with E-state index in [4.69, 9.17) is 4.42 Å². The highest BCUT2D eigenvalue weighted by Crippen LogP contribution is 2.21. The summed E-state index contributed by atoms with van der Waals surface area (Å²) in [7, 11) is 0. The van der Waals surface area contributed by atoms with Gasteiger partial charge in [0.2, 0.25) is 17.7 Å². The van der Waals surface area contributed by atoms with Crippen LogP contribution in [0.5, 0.6) is 0 Å². The van der Waals surface area contributed by atoms with Crippen molar-refractivity contribution in [2.24, 2.45) is 11.8 Å². The van der Waals surface area contributed by atoms with Gasteiger partial charge in [-0.25, -0.2) is 0 Å². The zero-order valence-electron chi connectivity index (χ0n) is 16.8. The molecule has 0 spiro atoms. The summed E-state index contributed by atoms with van der Waals surface area (Å²) in [6, 6.07) is 11.0. The average Bonchev–Trinajstić information content (AvgIpc) is 3.36. The Hall–Kier alpha value is -3.09. The van der Waals surface area contributed by atoms with Gasteiger partial charge in [0.15, 0.2) is 0 Å². The number of nitrogens with zero attached hydrogens (tertiary/aromatic N) is 1. The summed E-state index contributed by atoms with van der Waals surface area (Å²) < 4.78 is 5.28. The number of hydrogen-bond donors (Lipinski definition) is 2. The number of likely N-dealkylation sites (tertiary alicyclic amines) is 1. The van der Waals surface area contributed by atoms with Crippen LogP contribution in [-0.2, 0) is 27.5 Å². The van der Waals surface area contributed by atoms with Gasteiger partial charge in [-0.1, -0.05) is 26.0 Å². The molecule has 2 aromatic rings. The molecule has 0 aliphatic carbocycles. The molecule has 2 heterocycles. The van der Waals surface area contributed by atoms with Crippen molar-refractivity contribution in [1.29, 1.82) is 0 Å². The third kappa shape index (κ3) is 5.47. The van der Waals surface area contributed by atoms with Crippen LogP contribution in [0.15, 0.2) is 47.1 Å². The molecule has 0 bridgehead atoms. The van der Waals surface area contributed by atoms with Crippen molar-refractivity contribution in [2.75, 3.05) is 11.9 Å². The van der Waals surface area contributed by atoms with Gasteiger partial charge < -0.3 is 20.0 Å². The second-order valence-electron chi connectivity index (χ2n) is 7.47. The topological polar surface area (TPSA) is 91.7 Å². The van der Waals surface area contributed by atoms with Gasteiger partial charge in [0.1, 0.15) is 5.76 Å². The molecule has 7 nitrogen and oxygen atoms in total. The van der Waals surface area contributed by atoms with Crippen molar-refractivity contribution in [1.82, 2.24) is 10.2 Å². The van der Waals surface area contributed by atoms with Crippen LogP contribution in [0.4, 0.5) is 5.69 Å². The molecular formula is C22H27N3O4. The Labute approximate surface area is 170 Å². The van der Waals surface area contributed by atoms with E-state index in [2.05, 4.69) is 10.6 Å². The number of anilines is 1. The number of carbonyl (C=O) groups is 3. The predicted molar refractivity (Wildman–Crippen MR) is 109 cm³/mol. The maximum absolute atomic E-state index is 12.5. The number of nitrogens with one attached hydrogen (secondary N) is 2. The number of hydrogen-bond acceptors (Lipinski definition) is 4. The van der Waals surface area contributed by atoms with E-state index in [9.17, 15) is 14.4 Å². The Balaban J connectivity index is 1.51. The fraction of sp³-hybridized carbons (Fsp3) is 0.409. The number of carbonyl (C=O) groups excluding carboxylic acids is 3. The van der Waals surface area contributed by atoms with Gasteiger partial charge in [-0.15, -0.1) is 0 Å². The molecule has 1 aromatic heterocycles. The largest absolute Gasteiger partial charge is 0.467 e. The molecule has 1 saturated heterocycles. The lowest BCUT2D eigenvalue weighted by Gasteiger charge is -2.15. The molecular weight excluding hydrogens is 370 g/mol. The molecule has 29 heavy (non-hydrogen) atoms. The maximum atomic E-state index is 12.5. The van der Waals surface area contributed by atoms with Gasteiger partial charge in [-0.2, -0.15) is 0 Å².